The molecule has 0 bridgehead atoms. The van der Waals surface area contributed by atoms with E-state index in [4.69, 9.17) is 5.11 Å². The number of benzene rings is 1. The van der Waals surface area contributed by atoms with Crippen LogP contribution in [0.15, 0.2) is 24.3 Å². The third-order valence-corrected chi connectivity index (χ3v) is 6.13. The first-order valence-corrected chi connectivity index (χ1v) is 10.7. The average Bonchev–Trinajstić information content (AvgIpc) is 2.73. The number of hydrogen-bond acceptors (Lipinski definition) is 4. The van der Waals surface area contributed by atoms with Gasteiger partial charge < -0.3 is 15.3 Å². The zero-order valence-electron chi connectivity index (χ0n) is 16.9. The molecule has 1 saturated carbocycles. The van der Waals surface area contributed by atoms with Crippen molar-refractivity contribution in [3.63, 3.8) is 0 Å². The van der Waals surface area contributed by atoms with Crippen LogP contribution in [0.2, 0.25) is 0 Å². The van der Waals surface area contributed by atoms with Gasteiger partial charge in [0.15, 0.2) is 0 Å². The van der Waals surface area contributed by atoms with E-state index in [1.54, 1.807) is 0 Å². The maximum atomic E-state index is 13.2. The molecule has 2 aliphatic rings. The summed E-state index contributed by atoms with van der Waals surface area (Å²) in [5.74, 6) is -0.707. The number of amides is 1. The normalized spacial score (nSPS) is 19.0. The highest BCUT2D eigenvalue weighted by atomic mass is 16.4. The van der Waals surface area contributed by atoms with Gasteiger partial charge in [-0.25, -0.2) is 0 Å². The van der Waals surface area contributed by atoms with Crippen LogP contribution < -0.4 is 5.32 Å². The van der Waals surface area contributed by atoms with Crippen molar-refractivity contribution in [2.24, 2.45) is 0 Å². The molecule has 0 aromatic heterocycles. The fraction of sp³-hybridized carbons (Fsp3) is 0.636. The van der Waals surface area contributed by atoms with E-state index in [0.29, 0.717) is 19.1 Å². The number of hydrogen-bond donors (Lipinski definition) is 2. The minimum atomic E-state index is -0.789. The van der Waals surface area contributed by atoms with E-state index in [9.17, 15) is 9.59 Å². The number of aliphatic carboxylic acids is 1. The van der Waals surface area contributed by atoms with Crippen molar-refractivity contribution in [2.45, 2.75) is 64.0 Å². The predicted octanol–water partition coefficient (Wildman–Crippen LogP) is 3.44. The summed E-state index contributed by atoms with van der Waals surface area (Å²) in [6.07, 6.45) is 7.81. The number of nitrogens with zero attached hydrogens (tertiary/aromatic N) is 2. The minimum absolute atomic E-state index is 0.0727. The number of likely N-dealkylation sites (N-methyl/N-ethyl adjacent to an activating group) is 1. The summed E-state index contributed by atoms with van der Waals surface area (Å²) in [6.45, 7) is 4.14. The second-order valence-electron chi connectivity index (χ2n) is 8.01. The lowest BCUT2D eigenvalue weighted by atomic mass is 9.95. The fourth-order valence-corrected chi connectivity index (χ4v) is 4.54. The molecule has 2 fully saturated rings. The standard InChI is InChI=1S/C22H33N3O3/c1-2-24(16-21(26)27)18-12-14-25(15-13-18)22(28)19-10-6-7-11-20(19)23-17-8-4-3-5-9-17/h6-7,10-11,17-18,23H,2-5,8-9,12-16H2,1H3,(H,26,27). The molecule has 6 nitrogen and oxygen atoms in total. The van der Waals surface area contributed by atoms with Gasteiger partial charge in [0.1, 0.15) is 0 Å². The highest BCUT2D eigenvalue weighted by Gasteiger charge is 2.28. The Kier molecular flexibility index (Phi) is 7.31. The Hall–Kier alpha value is -2.08. The predicted molar refractivity (Wildman–Crippen MR) is 111 cm³/mol. The van der Waals surface area contributed by atoms with Crippen molar-refractivity contribution >= 4 is 17.6 Å². The largest absolute Gasteiger partial charge is 0.480 e. The summed E-state index contributed by atoms with van der Waals surface area (Å²) in [7, 11) is 0. The average molecular weight is 388 g/mol. The SMILES string of the molecule is CCN(CC(=O)O)C1CCN(C(=O)c2ccccc2NC2CCCCC2)CC1. The van der Waals surface area contributed by atoms with Crippen molar-refractivity contribution < 1.29 is 14.7 Å². The number of carbonyl (C=O) groups excluding carboxylic acids is 1. The van der Waals surface area contributed by atoms with Crippen molar-refractivity contribution in [3.05, 3.63) is 29.8 Å². The molecule has 1 aliphatic carbocycles. The Labute approximate surface area is 167 Å². The summed E-state index contributed by atoms with van der Waals surface area (Å²) in [5, 5.41) is 12.7. The van der Waals surface area contributed by atoms with E-state index in [1.165, 1.54) is 32.1 Å². The fourth-order valence-electron chi connectivity index (χ4n) is 4.54. The molecule has 3 rings (SSSR count). The van der Waals surface area contributed by atoms with Crippen LogP contribution in [0.1, 0.15) is 62.2 Å². The van der Waals surface area contributed by atoms with E-state index >= 15 is 0 Å². The summed E-state index contributed by atoms with van der Waals surface area (Å²) in [6, 6.07) is 8.54. The molecule has 28 heavy (non-hydrogen) atoms. The van der Waals surface area contributed by atoms with Gasteiger partial charge in [-0.05, 0) is 44.4 Å². The van der Waals surface area contributed by atoms with Gasteiger partial charge >= 0.3 is 5.97 Å². The molecule has 1 aliphatic heterocycles. The zero-order chi connectivity index (χ0) is 19.9. The van der Waals surface area contributed by atoms with E-state index in [0.717, 1.165) is 30.6 Å². The summed E-state index contributed by atoms with van der Waals surface area (Å²) in [5.41, 5.74) is 1.70. The molecular formula is C22H33N3O3. The Morgan fingerprint density at radius 1 is 1.11 bits per heavy atom. The van der Waals surface area contributed by atoms with Crippen LogP contribution in [0.3, 0.4) is 0 Å². The second kappa shape index (κ2) is 9.92. The van der Waals surface area contributed by atoms with Gasteiger partial charge in [0, 0.05) is 30.9 Å². The lowest BCUT2D eigenvalue weighted by Gasteiger charge is -2.37. The molecule has 1 heterocycles. The zero-order valence-corrected chi connectivity index (χ0v) is 16.9. The molecule has 1 aromatic rings. The van der Waals surface area contributed by atoms with Gasteiger partial charge in [0.2, 0.25) is 0 Å². The first kappa shape index (κ1) is 20.6. The van der Waals surface area contributed by atoms with Gasteiger partial charge in [-0.3, -0.25) is 14.5 Å². The van der Waals surface area contributed by atoms with E-state index in [1.807, 2.05) is 41.0 Å². The molecule has 2 N–H and O–H groups in total. The maximum absolute atomic E-state index is 13.2. The third-order valence-electron chi connectivity index (χ3n) is 6.13. The van der Waals surface area contributed by atoms with Crippen molar-refractivity contribution in [1.82, 2.24) is 9.80 Å². The van der Waals surface area contributed by atoms with Gasteiger partial charge in [0.05, 0.1) is 12.1 Å². The quantitative estimate of drug-likeness (QED) is 0.750. The number of carbonyl (C=O) groups is 2. The minimum Gasteiger partial charge on any atom is -0.480 e. The number of anilines is 1. The summed E-state index contributed by atoms with van der Waals surface area (Å²) >= 11 is 0. The van der Waals surface area contributed by atoms with Gasteiger partial charge in [-0.2, -0.15) is 0 Å². The maximum Gasteiger partial charge on any atom is 0.317 e. The highest BCUT2D eigenvalue weighted by Crippen LogP contribution is 2.26. The summed E-state index contributed by atoms with van der Waals surface area (Å²) < 4.78 is 0. The Morgan fingerprint density at radius 2 is 1.79 bits per heavy atom. The monoisotopic (exact) mass is 387 g/mol. The lowest BCUT2D eigenvalue weighted by Crippen LogP contribution is -2.48. The molecule has 0 unspecified atom stereocenters. The van der Waals surface area contributed by atoms with E-state index in [2.05, 4.69) is 5.32 Å². The van der Waals surface area contributed by atoms with Gasteiger partial charge in [0.25, 0.3) is 5.91 Å². The number of carboxylic acids is 1. The molecule has 6 heteroatoms. The molecule has 0 atom stereocenters. The molecule has 1 amide bonds. The first-order chi connectivity index (χ1) is 13.6. The second-order valence-corrected chi connectivity index (χ2v) is 8.01. The first-order valence-electron chi connectivity index (χ1n) is 10.7. The van der Waals surface area contributed by atoms with Gasteiger partial charge in [-0.15, -0.1) is 0 Å². The lowest BCUT2D eigenvalue weighted by molar-refractivity contribution is -0.139. The Balaban J connectivity index is 1.61. The number of piperidine rings is 1. The number of para-hydroxylation sites is 1. The van der Waals surface area contributed by atoms with Crippen molar-refractivity contribution in [1.29, 1.82) is 0 Å². The van der Waals surface area contributed by atoms with Crippen LogP contribution in [0.25, 0.3) is 0 Å². The van der Waals surface area contributed by atoms with E-state index < -0.39 is 5.97 Å². The van der Waals surface area contributed by atoms with Crippen LogP contribution in [-0.4, -0.2) is 65.0 Å². The highest BCUT2D eigenvalue weighted by molar-refractivity contribution is 5.99. The van der Waals surface area contributed by atoms with Crippen LogP contribution in [0, 0.1) is 0 Å². The smallest absolute Gasteiger partial charge is 0.317 e. The molecule has 0 spiro atoms. The number of carboxylic acid groups (broad SMARTS) is 1. The molecule has 1 saturated heterocycles. The van der Waals surface area contributed by atoms with Crippen LogP contribution >= 0.6 is 0 Å². The van der Waals surface area contributed by atoms with Crippen molar-refractivity contribution in [3.8, 4) is 0 Å². The molecular weight excluding hydrogens is 354 g/mol. The molecule has 1 aromatic carbocycles. The van der Waals surface area contributed by atoms with Gasteiger partial charge in [-0.1, -0.05) is 38.3 Å². The number of likely N-dealkylation sites (tertiary alicyclic amines) is 1. The topological polar surface area (TPSA) is 72.9 Å². The Bertz CT molecular complexity index is 665. The van der Waals surface area contributed by atoms with E-state index in [-0.39, 0.29) is 18.5 Å². The van der Waals surface area contributed by atoms with Crippen molar-refractivity contribution in [2.75, 3.05) is 31.5 Å². The Morgan fingerprint density at radius 3 is 2.43 bits per heavy atom. The number of rotatable bonds is 7. The number of nitrogens with one attached hydrogen (secondary N) is 1. The third kappa shape index (κ3) is 5.25. The molecule has 0 radical (unpaired) electrons. The van der Waals surface area contributed by atoms with Crippen LogP contribution in [0.4, 0.5) is 5.69 Å². The summed E-state index contributed by atoms with van der Waals surface area (Å²) in [4.78, 5) is 28.1. The van der Waals surface area contributed by atoms with Crippen LogP contribution in [-0.2, 0) is 4.79 Å². The molecule has 154 valence electrons. The van der Waals surface area contributed by atoms with Crippen LogP contribution in [0.5, 0.6) is 0 Å².